The number of nitrogens with zero attached hydrogens (tertiary/aromatic N) is 1. The molecule has 0 radical (unpaired) electrons. The van der Waals surface area contributed by atoms with E-state index in [2.05, 4.69) is 0 Å². The highest BCUT2D eigenvalue weighted by Gasteiger charge is 2.17. The zero-order valence-electron chi connectivity index (χ0n) is 11.9. The minimum absolute atomic E-state index is 0.185. The van der Waals surface area contributed by atoms with E-state index < -0.39 is 17.7 Å². The van der Waals surface area contributed by atoms with Crippen molar-refractivity contribution in [1.29, 1.82) is 0 Å². The molecule has 1 aromatic carbocycles. The van der Waals surface area contributed by atoms with Crippen molar-refractivity contribution in [3.05, 3.63) is 35.4 Å². The summed E-state index contributed by atoms with van der Waals surface area (Å²) in [4.78, 5) is 2.00. The van der Waals surface area contributed by atoms with E-state index in [1.165, 1.54) is 12.1 Å². The fourth-order valence-corrected chi connectivity index (χ4v) is 1.92. The summed E-state index contributed by atoms with van der Waals surface area (Å²) in [5.41, 5.74) is 6.16. The van der Waals surface area contributed by atoms with Crippen LogP contribution in [0.25, 0.3) is 0 Å². The van der Waals surface area contributed by atoms with Crippen LogP contribution < -0.4 is 5.73 Å². The maximum absolute atomic E-state index is 13.7. The fraction of sp³-hybridized carbons (Fsp3) is 0.571. The minimum atomic E-state index is -0.877. The second-order valence-corrected chi connectivity index (χ2v) is 4.54. The highest BCUT2D eigenvalue weighted by molar-refractivity contribution is 5.22. The van der Waals surface area contributed by atoms with Gasteiger partial charge in [0.15, 0.2) is 11.6 Å². The van der Waals surface area contributed by atoms with E-state index in [0.29, 0.717) is 32.8 Å². The molecule has 0 fully saturated rings. The van der Waals surface area contributed by atoms with E-state index in [0.717, 1.165) is 6.07 Å². The van der Waals surface area contributed by atoms with Crippen LogP contribution in [0.15, 0.2) is 18.2 Å². The molecule has 0 aliphatic carbocycles. The molecule has 1 aromatic rings. The molecule has 1 rings (SSSR count). The van der Waals surface area contributed by atoms with Crippen LogP contribution in [0.2, 0.25) is 0 Å². The first kappa shape index (κ1) is 17.0. The van der Waals surface area contributed by atoms with Crippen molar-refractivity contribution in [2.75, 3.05) is 47.1 Å². The zero-order valence-corrected chi connectivity index (χ0v) is 11.9. The molecule has 0 aromatic heterocycles. The van der Waals surface area contributed by atoms with Gasteiger partial charge >= 0.3 is 0 Å². The number of halogens is 2. The summed E-state index contributed by atoms with van der Waals surface area (Å²) >= 11 is 0. The largest absolute Gasteiger partial charge is 0.383 e. The number of ether oxygens (including phenoxy) is 2. The fourth-order valence-electron chi connectivity index (χ4n) is 1.92. The van der Waals surface area contributed by atoms with Gasteiger partial charge in [-0.1, -0.05) is 12.1 Å². The van der Waals surface area contributed by atoms with E-state index in [9.17, 15) is 8.78 Å². The Kier molecular flexibility index (Phi) is 7.61. The molecule has 1 unspecified atom stereocenters. The SMILES string of the molecule is COCCN(CCOC)CC(N)c1cccc(F)c1F. The molecule has 6 heteroatoms. The Morgan fingerprint density at radius 2 is 1.75 bits per heavy atom. The highest BCUT2D eigenvalue weighted by atomic mass is 19.2. The van der Waals surface area contributed by atoms with Gasteiger partial charge in [-0.3, -0.25) is 4.90 Å². The molecule has 1 atom stereocenters. The lowest BCUT2D eigenvalue weighted by Gasteiger charge is -2.25. The van der Waals surface area contributed by atoms with Crippen molar-refractivity contribution in [2.45, 2.75) is 6.04 Å². The van der Waals surface area contributed by atoms with Crippen LogP contribution >= 0.6 is 0 Å². The van der Waals surface area contributed by atoms with Crippen molar-refractivity contribution >= 4 is 0 Å². The second kappa shape index (κ2) is 8.97. The molecule has 0 saturated heterocycles. The van der Waals surface area contributed by atoms with Crippen molar-refractivity contribution in [3.8, 4) is 0 Å². The number of rotatable bonds is 9. The molecule has 0 saturated carbocycles. The first-order chi connectivity index (χ1) is 9.60. The van der Waals surface area contributed by atoms with Crippen LogP contribution in [0, 0.1) is 11.6 Å². The Morgan fingerprint density at radius 1 is 1.15 bits per heavy atom. The van der Waals surface area contributed by atoms with Crippen LogP contribution in [-0.2, 0) is 9.47 Å². The van der Waals surface area contributed by atoms with Crippen LogP contribution in [-0.4, -0.2) is 52.0 Å². The number of nitrogens with two attached hydrogens (primary N) is 1. The summed E-state index contributed by atoms with van der Waals surface area (Å²) in [6.07, 6.45) is 0. The van der Waals surface area contributed by atoms with Crippen LogP contribution in [0.3, 0.4) is 0 Å². The normalized spacial score (nSPS) is 12.9. The standard InChI is InChI=1S/C14H22F2N2O2/c1-19-8-6-18(7-9-20-2)10-13(17)11-4-3-5-12(15)14(11)16/h3-5,13H,6-10,17H2,1-2H3. The predicted octanol–water partition coefficient (Wildman–Crippen LogP) is 1.56. The van der Waals surface area contributed by atoms with E-state index in [-0.39, 0.29) is 5.56 Å². The Labute approximate surface area is 118 Å². The van der Waals surface area contributed by atoms with Gasteiger partial charge < -0.3 is 15.2 Å². The molecule has 0 aliphatic rings. The van der Waals surface area contributed by atoms with Gasteiger partial charge in [0.1, 0.15) is 0 Å². The molecule has 0 spiro atoms. The van der Waals surface area contributed by atoms with E-state index in [4.69, 9.17) is 15.2 Å². The summed E-state index contributed by atoms with van der Waals surface area (Å²) in [7, 11) is 3.22. The summed E-state index contributed by atoms with van der Waals surface area (Å²) in [6.45, 7) is 2.81. The molecule has 4 nitrogen and oxygen atoms in total. The molecular weight excluding hydrogens is 266 g/mol. The average Bonchev–Trinajstić information content (AvgIpc) is 2.44. The van der Waals surface area contributed by atoms with Gasteiger partial charge in [-0.25, -0.2) is 8.78 Å². The Hall–Kier alpha value is -1.08. The van der Waals surface area contributed by atoms with Crippen molar-refractivity contribution in [1.82, 2.24) is 4.90 Å². The van der Waals surface area contributed by atoms with Crippen LogP contribution in [0.4, 0.5) is 8.78 Å². The van der Waals surface area contributed by atoms with E-state index in [1.807, 2.05) is 4.90 Å². The summed E-state index contributed by atoms with van der Waals surface area (Å²) in [5.74, 6) is -1.75. The predicted molar refractivity (Wildman–Crippen MR) is 73.5 cm³/mol. The number of hydrogen-bond donors (Lipinski definition) is 1. The van der Waals surface area contributed by atoms with Gasteiger partial charge in [-0.2, -0.15) is 0 Å². The zero-order chi connectivity index (χ0) is 15.0. The van der Waals surface area contributed by atoms with Crippen LogP contribution in [0.5, 0.6) is 0 Å². The highest BCUT2D eigenvalue weighted by Crippen LogP contribution is 2.18. The van der Waals surface area contributed by atoms with Gasteiger partial charge in [0.2, 0.25) is 0 Å². The van der Waals surface area contributed by atoms with E-state index in [1.54, 1.807) is 14.2 Å². The van der Waals surface area contributed by atoms with Crippen LogP contribution in [0.1, 0.15) is 11.6 Å². The van der Waals surface area contributed by atoms with Crippen molar-refractivity contribution < 1.29 is 18.3 Å². The van der Waals surface area contributed by atoms with Crippen molar-refractivity contribution in [3.63, 3.8) is 0 Å². The maximum Gasteiger partial charge on any atom is 0.163 e. The molecular formula is C14H22F2N2O2. The third-order valence-electron chi connectivity index (χ3n) is 3.06. The third kappa shape index (κ3) is 5.13. The Balaban J connectivity index is 2.68. The molecule has 0 aliphatic heterocycles. The van der Waals surface area contributed by atoms with Gasteiger partial charge in [0, 0.05) is 45.5 Å². The number of benzene rings is 1. The molecule has 114 valence electrons. The topological polar surface area (TPSA) is 47.7 Å². The average molecular weight is 288 g/mol. The third-order valence-corrected chi connectivity index (χ3v) is 3.06. The summed E-state index contributed by atoms with van der Waals surface area (Å²) in [6, 6.07) is 3.45. The quantitative estimate of drug-likeness (QED) is 0.749. The minimum Gasteiger partial charge on any atom is -0.383 e. The number of hydrogen-bond acceptors (Lipinski definition) is 4. The first-order valence-electron chi connectivity index (χ1n) is 6.49. The molecule has 20 heavy (non-hydrogen) atoms. The number of methoxy groups -OCH3 is 2. The smallest absolute Gasteiger partial charge is 0.163 e. The lowest BCUT2D eigenvalue weighted by Crippen LogP contribution is -2.37. The van der Waals surface area contributed by atoms with Gasteiger partial charge in [0.25, 0.3) is 0 Å². The molecule has 2 N–H and O–H groups in total. The molecule has 0 heterocycles. The Morgan fingerprint density at radius 3 is 2.30 bits per heavy atom. The lowest BCUT2D eigenvalue weighted by atomic mass is 10.1. The van der Waals surface area contributed by atoms with Gasteiger partial charge in [-0.05, 0) is 6.07 Å². The summed E-state index contributed by atoms with van der Waals surface area (Å²) in [5, 5.41) is 0. The second-order valence-electron chi connectivity index (χ2n) is 4.54. The monoisotopic (exact) mass is 288 g/mol. The Bertz CT molecular complexity index is 397. The molecule has 0 amide bonds. The van der Waals surface area contributed by atoms with Gasteiger partial charge in [-0.15, -0.1) is 0 Å². The van der Waals surface area contributed by atoms with Gasteiger partial charge in [0.05, 0.1) is 13.2 Å². The lowest BCUT2D eigenvalue weighted by molar-refractivity contribution is 0.110. The van der Waals surface area contributed by atoms with E-state index >= 15 is 0 Å². The summed E-state index contributed by atoms with van der Waals surface area (Å²) < 4.78 is 36.9. The maximum atomic E-state index is 13.7. The first-order valence-corrected chi connectivity index (χ1v) is 6.49. The van der Waals surface area contributed by atoms with Crippen molar-refractivity contribution in [2.24, 2.45) is 5.73 Å². The molecule has 0 bridgehead atoms.